The molecule has 0 saturated carbocycles. The second-order valence-corrected chi connectivity index (χ2v) is 5.05. The first-order valence-corrected chi connectivity index (χ1v) is 7.39. The number of carbonyl (C=O) groups excluding carboxylic acids is 1. The van der Waals surface area contributed by atoms with Gasteiger partial charge in [-0.2, -0.15) is 0 Å². The maximum absolute atomic E-state index is 12.5. The van der Waals surface area contributed by atoms with Crippen molar-refractivity contribution >= 4 is 11.6 Å². The van der Waals surface area contributed by atoms with Crippen LogP contribution in [0.4, 0.5) is 5.69 Å². The molecule has 1 amide bonds. The highest BCUT2D eigenvalue weighted by Crippen LogP contribution is 2.31. The van der Waals surface area contributed by atoms with Crippen molar-refractivity contribution in [3.8, 4) is 22.6 Å². The fraction of sp³-hybridized carbons (Fsp3) is 0.105. The Morgan fingerprint density at radius 3 is 2.42 bits per heavy atom. The molecule has 3 aromatic rings. The first-order chi connectivity index (χ1) is 11.7. The highest BCUT2D eigenvalue weighted by atomic mass is 16.5. The number of hydrogen-bond acceptors (Lipinski definition) is 4. The Morgan fingerprint density at radius 1 is 0.958 bits per heavy atom. The predicted molar refractivity (Wildman–Crippen MR) is 91.6 cm³/mol. The number of furan rings is 1. The molecule has 3 rings (SSSR count). The van der Waals surface area contributed by atoms with E-state index in [-0.39, 0.29) is 11.7 Å². The summed E-state index contributed by atoms with van der Waals surface area (Å²) in [5, 5.41) is 2.81. The molecule has 0 aliphatic rings. The number of nitrogens with one attached hydrogen (secondary N) is 1. The van der Waals surface area contributed by atoms with Gasteiger partial charge in [0.15, 0.2) is 17.3 Å². The molecule has 1 aromatic heterocycles. The quantitative estimate of drug-likeness (QED) is 0.764. The molecule has 0 bridgehead atoms. The molecule has 0 aliphatic carbocycles. The van der Waals surface area contributed by atoms with E-state index in [0.29, 0.717) is 17.2 Å². The van der Waals surface area contributed by atoms with Crippen LogP contribution in [0.2, 0.25) is 0 Å². The van der Waals surface area contributed by atoms with Gasteiger partial charge in [-0.3, -0.25) is 4.79 Å². The van der Waals surface area contributed by atoms with Crippen molar-refractivity contribution in [3.63, 3.8) is 0 Å². The van der Waals surface area contributed by atoms with Crippen molar-refractivity contribution in [1.29, 1.82) is 0 Å². The molecule has 0 atom stereocenters. The lowest BCUT2D eigenvalue weighted by atomic mass is 10.1. The summed E-state index contributed by atoms with van der Waals surface area (Å²) >= 11 is 0. The van der Waals surface area contributed by atoms with Gasteiger partial charge in [-0.25, -0.2) is 0 Å². The van der Waals surface area contributed by atoms with Gasteiger partial charge in [-0.15, -0.1) is 0 Å². The van der Waals surface area contributed by atoms with Crippen molar-refractivity contribution in [2.24, 2.45) is 0 Å². The van der Waals surface area contributed by atoms with Crippen LogP contribution in [0.15, 0.2) is 65.3 Å². The van der Waals surface area contributed by atoms with Gasteiger partial charge in [0.05, 0.1) is 20.5 Å². The summed E-state index contributed by atoms with van der Waals surface area (Å²) in [4.78, 5) is 12.5. The Bertz CT molecular complexity index is 840. The molecule has 0 radical (unpaired) electrons. The lowest BCUT2D eigenvalue weighted by Crippen LogP contribution is -2.12. The van der Waals surface area contributed by atoms with Crippen LogP contribution < -0.4 is 14.8 Å². The summed E-state index contributed by atoms with van der Waals surface area (Å²) in [6.45, 7) is 0. The number of benzene rings is 2. The van der Waals surface area contributed by atoms with Crippen LogP contribution >= 0.6 is 0 Å². The van der Waals surface area contributed by atoms with Crippen LogP contribution in [0.3, 0.4) is 0 Å². The van der Waals surface area contributed by atoms with Gasteiger partial charge in [0.25, 0.3) is 5.91 Å². The van der Waals surface area contributed by atoms with Gasteiger partial charge in [0.2, 0.25) is 0 Å². The maximum atomic E-state index is 12.5. The molecule has 5 heteroatoms. The van der Waals surface area contributed by atoms with Gasteiger partial charge in [0.1, 0.15) is 0 Å². The fourth-order valence-electron chi connectivity index (χ4n) is 2.43. The third-order valence-electron chi connectivity index (χ3n) is 3.60. The molecule has 0 unspecified atom stereocenters. The predicted octanol–water partition coefficient (Wildman–Crippen LogP) is 4.22. The van der Waals surface area contributed by atoms with Gasteiger partial charge in [-0.05, 0) is 23.8 Å². The van der Waals surface area contributed by atoms with Gasteiger partial charge < -0.3 is 19.2 Å². The van der Waals surface area contributed by atoms with E-state index in [0.717, 1.165) is 11.1 Å². The zero-order valence-electron chi connectivity index (χ0n) is 13.4. The number of amides is 1. The summed E-state index contributed by atoms with van der Waals surface area (Å²) in [5.74, 6) is 1.07. The second-order valence-electron chi connectivity index (χ2n) is 5.05. The van der Waals surface area contributed by atoms with Crippen molar-refractivity contribution in [3.05, 3.63) is 66.6 Å². The Balaban J connectivity index is 1.85. The summed E-state index contributed by atoms with van der Waals surface area (Å²) in [7, 11) is 3.11. The smallest absolute Gasteiger partial charge is 0.292 e. The highest BCUT2D eigenvalue weighted by molar-refractivity contribution is 6.06. The number of hydrogen-bond donors (Lipinski definition) is 1. The van der Waals surface area contributed by atoms with E-state index in [4.69, 9.17) is 13.9 Å². The lowest BCUT2D eigenvalue weighted by molar-refractivity contribution is 0.0997. The van der Waals surface area contributed by atoms with Crippen LogP contribution in [0, 0.1) is 0 Å². The van der Waals surface area contributed by atoms with Crippen LogP contribution in [0.25, 0.3) is 11.1 Å². The van der Waals surface area contributed by atoms with E-state index in [2.05, 4.69) is 5.32 Å². The van der Waals surface area contributed by atoms with Crippen LogP contribution in [-0.4, -0.2) is 20.1 Å². The first kappa shape index (κ1) is 15.7. The Hall–Kier alpha value is -3.21. The molecule has 122 valence electrons. The molecule has 0 aliphatic heterocycles. The normalized spacial score (nSPS) is 10.2. The SMILES string of the molecule is COc1ccc(NC(=O)c2occc2-c2ccccc2)cc1OC. The van der Waals surface area contributed by atoms with Crippen LogP contribution in [-0.2, 0) is 0 Å². The number of carbonyl (C=O) groups is 1. The zero-order chi connectivity index (χ0) is 16.9. The third-order valence-corrected chi connectivity index (χ3v) is 3.60. The van der Waals surface area contributed by atoms with Crippen molar-refractivity contribution < 1.29 is 18.7 Å². The second kappa shape index (κ2) is 6.91. The van der Waals surface area contributed by atoms with E-state index < -0.39 is 0 Å². The maximum Gasteiger partial charge on any atom is 0.292 e. The van der Waals surface area contributed by atoms with Crippen LogP contribution in [0.1, 0.15) is 10.6 Å². The Morgan fingerprint density at radius 2 is 1.71 bits per heavy atom. The third kappa shape index (κ3) is 3.10. The van der Waals surface area contributed by atoms with Crippen molar-refractivity contribution in [1.82, 2.24) is 0 Å². The molecule has 24 heavy (non-hydrogen) atoms. The minimum Gasteiger partial charge on any atom is -0.493 e. The Labute approximate surface area is 139 Å². The van der Waals surface area contributed by atoms with Gasteiger partial charge in [0, 0.05) is 17.3 Å². The summed E-state index contributed by atoms with van der Waals surface area (Å²) < 4.78 is 15.8. The number of rotatable bonds is 5. The minimum atomic E-state index is -0.328. The summed E-state index contributed by atoms with van der Waals surface area (Å²) in [5.41, 5.74) is 2.25. The molecule has 0 spiro atoms. The molecule has 1 heterocycles. The first-order valence-electron chi connectivity index (χ1n) is 7.39. The molecule has 2 aromatic carbocycles. The summed E-state index contributed by atoms with van der Waals surface area (Å²) in [6, 6.07) is 16.6. The minimum absolute atomic E-state index is 0.260. The molecule has 1 N–H and O–H groups in total. The number of anilines is 1. The molecule has 0 saturated heterocycles. The lowest BCUT2D eigenvalue weighted by Gasteiger charge is -2.10. The van der Waals surface area contributed by atoms with E-state index in [9.17, 15) is 4.79 Å². The molecular formula is C19H17NO4. The topological polar surface area (TPSA) is 60.7 Å². The van der Waals surface area contributed by atoms with Crippen LogP contribution in [0.5, 0.6) is 11.5 Å². The van der Waals surface area contributed by atoms with Gasteiger partial charge in [-0.1, -0.05) is 30.3 Å². The average Bonchev–Trinajstić information content (AvgIpc) is 3.12. The van der Waals surface area contributed by atoms with E-state index in [1.54, 1.807) is 38.5 Å². The van der Waals surface area contributed by atoms with E-state index in [1.807, 2.05) is 30.3 Å². The van der Waals surface area contributed by atoms with Crippen molar-refractivity contribution in [2.45, 2.75) is 0 Å². The monoisotopic (exact) mass is 323 g/mol. The largest absolute Gasteiger partial charge is 0.493 e. The van der Waals surface area contributed by atoms with E-state index in [1.165, 1.54) is 6.26 Å². The number of methoxy groups -OCH3 is 2. The molecule has 5 nitrogen and oxygen atoms in total. The average molecular weight is 323 g/mol. The molecule has 0 fully saturated rings. The molecular weight excluding hydrogens is 306 g/mol. The highest BCUT2D eigenvalue weighted by Gasteiger charge is 2.17. The standard InChI is InChI=1S/C19H17NO4/c1-22-16-9-8-14(12-17(16)23-2)20-19(21)18-15(10-11-24-18)13-6-4-3-5-7-13/h3-12H,1-2H3,(H,20,21). The van der Waals surface area contributed by atoms with Crippen molar-refractivity contribution in [2.75, 3.05) is 19.5 Å². The Kier molecular flexibility index (Phi) is 4.52. The van der Waals surface area contributed by atoms with Gasteiger partial charge >= 0.3 is 0 Å². The summed E-state index contributed by atoms with van der Waals surface area (Å²) in [6.07, 6.45) is 1.51. The zero-order valence-corrected chi connectivity index (χ0v) is 13.4. The fourth-order valence-corrected chi connectivity index (χ4v) is 2.43. The van der Waals surface area contributed by atoms with E-state index >= 15 is 0 Å². The number of ether oxygens (including phenoxy) is 2.